The maximum absolute atomic E-state index is 14.6. The summed E-state index contributed by atoms with van der Waals surface area (Å²) in [7, 11) is 0. The van der Waals surface area contributed by atoms with Gasteiger partial charge < -0.3 is 10.6 Å². The Balaban J connectivity index is 1.50. The van der Waals surface area contributed by atoms with Crippen LogP contribution in [0.5, 0.6) is 0 Å². The number of halogens is 1. The molecule has 0 radical (unpaired) electrons. The summed E-state index contributed by atoms with van der Waals surface area (Å²) in [6.45, 7) is 6.92. The first kappa shape index (κ1) is 21.1. The van der Waals surface area contributed by atoms with Crippen LogP contribution in [0.1, 0.15) is 49.7 Å². The zero-order chi connectivity index (χ0) is 22.0. The minimum atomic E-state index is -0.464. The first-order valence-electron chi connectivity index (χ1n) is 10.6. The van der Waals surface area contributed by atoms with Gasteiger partial charge in [-0.05, 0) is 63.4 Å². The van der Waals surface area contributed by atoms with Crippen LogP contribution in [0.4, 0.5) is 10.1 Å². The predicted octanol–water partition coefficient (Wildman–Crippen LogP) is 3.65. The molecule has 3 heterocycles. The van der Waals surface area contributed by atoms with E-state index in [-0.39, 0.29) is 23.7 Å². The van der Waals surface area contributed by atoms with Crippen molar-refractivity contribution < 1.29 is 9.18 Å². The van der Waals surface area contributed by atoms with Gasteiger partial charge in [-0.2, -0.15) is 5.10 Å². The molecule has 162 valence electrons. The summed E-state index contributed by atoms with van der Waals surface area (Å²) in [5, 5.41) is 10.2. The van der Waals surface area contributed by atoms with E-state index < -0.39 is 5.82 Å². The molecule has 1 amide bonds. The van der Waals surface area contributed by atoms with Crippen LogP contribution in [0.3, 0.4) is 0 Å². The van der Waals surface area contributed by atoms with Gasteiger partial charge in [0.15, 0.2) is 0 Å². The number of anilines is 1. The number of benzene rings is 1. The molecule has 3 aromatic rings. The Hall–Kier alpha value is -3.13. The number of rotatable bonds is 6. The summed E-state index contributed by atoms with van der Waals surface area (Å²) in [5.74, 6) is -0.0590. The van der Waals surface area contributed by atoms with E-state index in [1.54, 1.807) is 24.5 Å². The molecular formula is C23H27FN6O. The Morgan fingerprint density at radius 3 is 2.87 bits per heavy atom. The van der Waals surface area contributed by atoms with Crippen LogP contribution < -0.4 is 10.6 Å². The Labute approximate surface area is 181 Å². The van der Waals surface area contributed by atoms with Crippen molar-refractivity contribution in [2.45, 2.75) is 52.1 Å². The van der Waals surface area contributed by atoms with Crippen LogP contribution in [-0.4, -0.2) is 38.2 Å². The average molecular weight is 423 g/mol. The molecule has 2 N–H and O–H groups in total. The van der Waals surface area contributed by atoms with Crippen LogP contribution in [0.25, 0.3) is 11.3 Å². The molecule has 7 nitrogen and oxygen atoms in total. The van der Waals surface area contributed by atoms with Crippen LogP contribution in [0.15, 0.2) is 36.8 Å². The van der Waals surface area contributed by atoms with Crippen molar-refractivity contribution in [3.05, 3.63) is 59.6 Å². The minimum absolute atomic E-state index is 0.189. The van der Waals surface area contributed by atoms with E-state index in [1.165, 1.54) is 6.07 Å². The van der Waals surface area contributed by atoms with E-state index in [0.717, 1.165) is 41.8 Å². The summed E-state index contributed by atoms with van der Waals surface area (Å²) in [4.78, 5) is 21.3. The lowest BCUT2D eigenvalue weighted by atomic mass is 10.1. The Morgan fingerprint density at radius 1 is 1.35 bits per heavy atom. The van der Waals surface area contributed by atoms with Gasteiger partial charge in [-0.15, -0.1) is 0 Å². The van der Waals surface area contributed by atoms with Gasteiger partial charge in [-0.1, -0.05) is 6.07 Å². The highest BCUT2D eigenvalue weighted by Gasteiger charge is 2.22. The van der Waals surface area contributed by atoms with Gasteiger partial charge in [0.25, 0.3) is 0 Å². The SMILES string of the molecule is Cc1cnc(Cc2ccc(NC(=O)[C@H]3CCCN3)c(F)c2)nc1-c1cnn(C(C)C)c1. The van der Waals surface area contributed by atoms with Crippen molar-refractivity contribution in [3.63, 3.8) is 0 Å². The topological polar surface area (TPSA) is 84.7 Å². The summed E-state index contributed by atoms with van der Waals surface area (Å²) >= 11 is 0. The van der Waals surface area contributed by atoms with Crippen molar-refractivity contribution in [2.24, 2.45) is 0 Å². The fourth-order valence-electron chi connectivity index (χ4n) is 3.68. The summed E-state index contributed by atoms with van der Waals surface area (Å²) in [6, 6.07) is 4.83. The molecule has 0 unspecified atom stereocenters. The van der Waals surface area contributed by atoms with E-state index in [0.29, 0.717) is 12.2 Å². The maximum atomic E-state index is 14.6. The Bertz CT molecular complexity index is 1090. The molecule has 0 spiro atoms. The number of nitrogens with one attached hydrogen (secondary N) is 2. The first-order chi connectivity index (χ1) is 14.9. The number of aromatic nitrogens is 4. The molecule has 0 saturated carbocycles. The quantitative estimate of drug-likeness (QED) is 0.633. The van der Waals surface area contributed by atoms with E-state index in [9.17, 15) is 9.18 Å². The lowest BCUT2D eigenvalue weighted by Crippen LogP contribution is -2.35. The molecule has 1 atom stereocenters. The molecule has 1 saturated heterocycles. The molecule has 8 heteroatoms. The normalized spacial score (nSPS) is 16.1. The van der Waals surface area contributed by atoms with E-state index in [4.69, 9.17) is 4.98 Å². The molecule has 4 rings (SSSR count). The summed E-state index contributed by atoms with van der Waals surface area (Å²) in [5.41, 5.74) is 3.64. The third-order valence-electron chi connectivity index (χ3n) is 5.46. The van der Waals surface area contributed by atoms with Crippen LogP contribution in [-0.2, 0) is 11.2 Å². The van der Waals surface area contributed by atoms with E-state index in [1.807, 2.05) is 17.8 Å². The maximum Gasteiger partial charge on any atom is 0.241 e. The largest absolute Gasteiger partial charge is 0.322 e. The lowest BCUT2D eigenvalue weighted by Gasteiger charge is -2.12. The second kappa shape index (κ2) is 8.93. The molecule has 1 aliphatic heterocycles. The molecule has 0 aliphatic carbocycles. The van der Waals surface area contributed by atoms with Gasteiger partial charge in [-0.25, -0.2) is 14.4 Å². The highest BCUT2D eigenvalue weighted by Crippen LogP contribution is 2.23. The number of amides is 1. The number of aryl methyl sites for hydroxylation is 1. The van der Waals surface area contributed by atoms with Gasteiger partial charge in [0.1, 0.15) is 11.6 Å². The van der Waals surface area contributed by atoms with Gasteiger partial charge in [0.05, 0.1) is 23.6 Å². The highest BCUT2D eigenvalue weighted by atomic mass is 19.1. The smallest absolute Gasteiger partial charge is 0.241 e. The predicted molar refractivity (Wildman–Crippen MR) is 117 cm³/mol. The van der Waals surface area contributed by atoms with Crippen molar-refractivity contribution in [1.29, 1.82) is 0 Å². The Morgan fingerprint density at radius 2 is 2.19 bits per heavy atom. The second-order valence-electron chi connectivity index (χ2n) is 8.25. The van der Waals surface area contributed by atoms with Crippen molar-refractivity contribution in [2.75, 3.05) is 11.9 Å². The minimum Gasteiger partial charge on any atom is -0.322 e. The third kappa shape index (κ3) is 4.80. The fraction of sp³-hybridized carbons (Fsp3) is 0.391. The second-order valence-corrected chi connectivity index (χ2v) is 8.25. The molecule has 1 aromatic carbocycles. The third-order valence-corrected chi connectivity index (χ3v) is 5.46. The van der Waals surface area contributed by atoms with Gasteiger partial charge >= 0.3 is 0 Å². The van der Waals surface area contributed by atoms with Gasteiger partial charge in [-0.3, -0.25) is 9.48 Å². The molecule has 0 bridgehead atoms. The first-order valence-corrected chi connectivity index (χ1v) is 10.6. The van der Waals surface area contributed by atoms with Crippen molar-refractivity contribution in [3.8, 4) is 11.3 Å². The van der Waals surface area contributed by atoms with Crippen LogP contribution in [0.2, 0.25) is 0 Å². The fourth-order valence-corrected chi connectivity index (χ4v) is 3.68. The zero-order valence-corrected chi connectivity index (χ0v) is 18.0. The molecule has 2 aromatic heterocycles. The monoisotopic (exact) mass is 422 g/mol. The number of carbonyl (C=O) groups is 1. The molecule has 31 heavy (non-hydrogen) atoms. The molecular weight excluding hydrogens is 395 g/mol. The number of nitrogens with zero attached hydrogens (tertiary/aromatic N) is 4. The summed E-state index contributed by atoms with van der Waals surface area (Å²) < 4.78 is 16.5. The van der Waals surface area contributed by atoms with Crippen molar-refractivity contribution in [1.82, 2.24) is 25.1 Å². The highest BCUT2D eigenvalue weighted by molar-refractivity contribution is 5.95. The number of carbonyl (C=O) groups excluding carboxylic acids is 1. The lowest BCUT2D eigenvalue weighted by molar-refractivity contribution is -0.117. The van der Waals surface area contributed by atoms with Crippen molar-refractivity contribution >= 4 is 11.6 Å². The molecule has 1 aliphatic rings. The Kier molecular flexibility index (Phi) is 6.08. The zero-order valence-electron chi connectivity index (χ0n) is 18.0. The van der Waals surface area contributed by atoms with Gasteiger partial charge in [0.2, 0.25) is 5.91 Å². The number of hydrogen-bond acceptors (Lipinski definition) is 5. The summed E-state index contributed by atoms with van der Waals surface area (Å²) in [6.07, 6.45) is 7.67. The van der Waals surface area contributed by atoms with E-state index >= 15 is 0 Å². The number of hydrogen-bond donors (Lipinski definition) is 2. The standard InChI is InChI=1S/C23H27FN6O/c1-14(2)30-13-17(12-27-30)22-15(3)11-26-21(29-22)10-16-6-7-19(18(24)9-16)28-23(31)20-5-4-8-25-20/h6-7,9,11-14,20,25H,4-5,8,10H2,1-3H3,(H,28,31)/t20-/m1/s1. The van der Waals surface area contributed by atoms with Crippen LogP contribution >= 0.6 is 0 Å². The van der Waals surface area contributed by atoms with Crippen LogP contribution in [0, 0.1) is 12.7 Å². The average Bonchev–Trinajstić information content (AvgIpc) is 3.43. The molecule has 1 fully saturated rings. The van der Waals surface area contributed by atoms with E-state index in [2.05, 4.69) is 34.6 Å². The van der Waals surface area contributed by atoms with Gasteiger partial charge in [0, 0.05) is 30.4 Å².